The van der Waals surface area contributed by atoms with Crippen LogP contribution in [0.25, 0.3) is 0 Å². The summed E-state index contributed by atoms with van der Waals surface area (Å²) in [7, 11) is 3.22. The quantitative estimate of drug-likeness (QED) is 0.713. The molecular formula is C18H16N4O3. The first-order valence-corrected chi connectivity index (χ1v) is 7.49. The lowest BCUT2D eigenvalue weighted by Gasteiger charge is -2.17. The molecule has 0 aliphatic carbocycles. The van der Waals surface area contributed by atoms with Gasteiger partial charge in [0.2, 0.25) is 11.8 Å². The SMILES string of the molecule is COc1ccc(N(C)C(=O)c2cccc(Oc3cnccn3)c2)cn1. The van der Waals surface area contributed by atoms with Gasteiger partial charge in [-0.25, -0.2) is 9.97 Å². The van der Waals surface area contributed by atoms with Gasteiger partial charge in [0.05, 0.1) is 25.2 Å². The molecule has 0 N–H and O–H groups in total. The van der Waals surface area contributed by atoms with Gasteiger partial charge >= 0.3 is 0 Å². The Morgan fingerprint density at radius 2 is 1.92 bits per heavy atom. The van der Waals surface area contributed by atoms with Crippen LogP contribution in [0.4, 0.5) is 5.69 Å². The first kappa shape index (κ1) is 16.4. The molecule has 0 atom stereocenters. The van der Waals surface area contributed by atoms with E-state index in [0.717, 1.165) is 0 Å². The van der Waals surface area contributed by atoms with Crippen molar-refractivity contribution in [3.8, 4) is 17.5 Å². The molecule has 3 aromatic rings. The zero-order valence-corrected chi connectivity index (χ0v) is 13.8. The van der Waals surface area contributed by atoms with E-state index in [-0.39, 0.29) is 5.91 Å². The van der Waals surface area contributed by atoms with E-state index in [1.54, 1.807) is 62.9 Å². The second-order valence-corrected chi connectivity index (χ2v) is 5.10. The average molecular weight is 336 g/mol. The number of hydrogen-bond acceptors (Lipinski definition) is 6. The number of aromatic nitrogens is 3. The summed E-state index contributed by atoms with van der Waals surface area (Å²) in [5.41, 5.74) is 1.14. The second-order valence-electron chi connectivity index (χ2n) is 5.10. The van der Waals surface area contributed by atoms with E-state index in [2.05, 4.69) is 15.0 Å². The van der Waals surface area contributed by atoms with Crippen LogP contribution in [0.5, 0.6) is 17.5 Å². The standard InChI is InChI=1S/C18H16N4O3/c1-22(14-6-7-16(24-2)21-11-14)18(23)13-4-3-5-15(10-13)25-17-12-19-8-9-20-17/h3-12H,1-2H3. The molecule has 0 bridgehead atoms. The van der Waals surface area contributed by atoms with Crippen LogP contribution in [0.3, 0.4) is 0 Å². The summed E-state index contributed by atoms with van der Waals surface area (Å²) in [6.07, 6.45) is 6.18. The topological polar surface area (TPSA) is 77.4 Å². The van der Waals surface area contributed by atoms with E-state index < -0.39 is 0 Å². The number of rotatable bonds is 5. The number of pyridine rings is 1. The largest absolute Gasteiger partial charge is 0.481 e. The van der Waals surface area contributed by atoms with Crippen LogP contribution in [0.15, 0.2) is 61.2 Å². The van der Waals surface area contributed by atoms with E-state index in [1.807, 2.05) is 0 Å². The Kier molecular flexibility index (Phi) is 4.84. The van der Waals surface area contributed by atoms with Crippen LogP contribution in [0.2, 0.25) is 0 Å². The zero-order chi connectivity index (χ0) is 17.6. The van der Waals surface area contributed by atoms with E-state index in [1.165, 1.54) is 17.3 Å². The predicted octanol–water partition coefficient (Wildman–Crippen LogP) is 2.95. The van der Waals surface area contributed by atoms with E-state index in [4.69, 9.17) is 9.47 Å². The number of hydrogen-bond donors (Lipinski definition) is 0. The van der Waals surface area contributed by atoms with Crippen molar-refractivity contribution in [1.29, 1.82) is 0 Å². The second kappa shape index (κ2) is 7.39. The smallest absolute Gasteiger partial charge is 0.258 e. The minimum absolute atomic E-state index is 0.184. The molecule has 0 saturated carbocycles. The molecule has 2 aromatic heterocycles. The lowest BCUT2D eigenvalue weighted by molar-refractivity contribution is 0.0992. The van der Waals surface area contributed by atoms with Gasteiger partial charge in [0.25, 0.3) is 5.91 Å². The van der Waals surface area contributed by atoms with Crippen LogP contribution in [-0.2, 0) is 0 Å². The number of carbonyl (C=O) groups excluding carboxylic acids is 1. The maximum Gasteiger partial charge on any atom is 0.258 e. The maximum absolute atomic E-state index is 12.7. The molecule has 126 valence electrons. The van der Waals surface area contributed by atoms with Gasteiger partial charge < -0.3 is 14.4 Å². The number of anilines is 1. The molecule has 0 radical (unpaired) electrons. The normalized spacial score (nSPS) is 10.2. The molecule has 1 aromatic carbocycles. The van der Waals surface area contributed by atoms with Crippen LogP contribution in [0.1, 0.15) is 10.4 Å². The third kappa shape index (κ3) is 3.89. The fraction of sp³-hybridized carbons (Fsp3) is 0.111. The highest BCUT2D eigenvalue weighted by molar-refractivity contribution is 6.05. The minimum Gasteiger partial charge on any atom is -0.481 e. The molecule has 0 aliphatic heterocycles. The summed E-state index contributed by atoms with van der Waals surface area (Å²) in [6, 6.07) is 10.3. The third-order valence-electron chi connectivity index (χ3n) is 3.46. The fourth-order valence-electron chi connectivity index (χ4n) is 2.15. The Morgan fingerprint density at radius 3 is 2.60 bits per heavy atom. The van der Waals surface area contributed by atoms with Gasteiger partial charge in [-0.1, -0.05) is 6.07 Å². The molecule has 1 amide bonds. The molecule has 25 heavy (non-hydrogen) atoms. The summed E-state index contributed by atoms with van der Waals surface area (Å²) in [6.45, 7) is 0. The molecule has 3 rings (SSSR count). The summed E-state index contributed by atoms with van der Waals surface area (Å²) < 4.78 is 10.6. The molecule has 0 spiro atoms. The minimum atomic E-state index is -0.184. The number of carbonyl (C=O) groups is 1. The molecule has 7 nitrogen and oxygen atoms in total. The average Bonchev–Trinajstić information content (AvgIpc) is 2.68. The first-order chi connectivity index (χ1) is 12.2. The van der Waals surface area contributed by atoms with Crippen molar-refractivity contribution in [3.05, 3.63) is 66.7 Å². The molecule has 7 heteroatoms. The van der Waals surface area contributed by atoms with Gasteiger partial charge in [0, 0.05) is 31.1 Å². The highest BCUT2D eigenvalue weighted by atomic mass is 16.5. The third-order valence-corrected chi connectivity index (χ3v) is 3.46. The van der Waals surface area contributed by atoms with Gasteiger partial charge in [-0.05, 0) is 24.3 Å². The van der Waals surface area contributed by atoms with Gasteiger partial charge in [0.15, 0.2) is 0 Å². The van der Waals surface area contributed by atoms with Crippen molar-refractivity contribution in [1.82, 2.24) is 15.0 Å². The van der Waals surface area contributed by atoms with Crippen LogP contribution in [0, 0.1) is 0 Å². The van der Waals surface area contributed by atoms with Gasteiger partial charge in [0.1, 0.15) is 5.75 Å². The van der Waals surface area contributed by atoms with Crippen molar-refractivity contribution in [2.75, 3.05) is 19.1 Å². The summed E-state index contributed by atoms with van der Waals surface area (Å²) in [5, 5.41) is 0. The predicted molar refractivity (Wildman–Crippen MR) is 92.1 cm³/mol. The number of amides is 1. The van der Waals surface area contributed by atoms with Crippen LogP contribution in [-0.4, -0.2) is 35.0 Å². The first-order valence-electron chi connectivity index (χ1n) is 7.49. The van der Waals surface area contributed by atoms with E-state index in [0.29, 0.717) is 28.8 Å². The lowest BCUT2D eigenvalue weighted by Crippen LogP contribution is -2.26. The molecule has 2 heterocycles. The van der Waals surface area contributed by atoms with Crippen LogP contribution >= 0.6 is 0 Å². The van der Waals surface area contributed by atoms with Crippen molar-refractivity contribution in [2.24, 2.45) is 0 Å². The molecule has 0 unspecified atom stereocenters. The van der Waals surface area contributed by atoms with Crippen molar-refractivity contribution in [2.45, 2.75) is 0 Å². The highest BCUT2D eigenvalue weighted by Gasteiger charge is 2.15. The summed E-state index contributed by atoms with van der Waals surface area (Å²) in [5.74, 6) is 1.17. The number of benzene rings is 1. The zero-order valence-electron chi connectivity index (χ0n) is 13.8. The Balaban J connectivity index is 1.78. The number of ether oxygens (including phenoxy) is 2. The van der Waals surface area contributed by atoms with Gasteiger partial charge in [-0.15, -0.1) is 0 Å². The number of nitrogens with zero attached hydrogens (tertiary/aromatic N) is 4. The Labute approximate surface area is 144 Å². The summed E-state index contributed by atoms with van der Waals surface area (Å²) >= 11 is 0. The van der Waals surface area contributed by atoms with Crippen molar-refractivity contribution in [3.63, 3.8) is 0 Å². The van der Waals surface area contributed by atoms with E-state index >= 15 is 0 Å². The van der Waals surface area contributed by atoms with Crippen LogP contribution < -0.4 is 14.4 Å². The maximum atomic E-state index is 12.7. The van der Waals surface area contributed by atoms with Gasteiger partial charge in [-0.2, -0.15) is 0 Å². The lowest BCUT2D eigenvalue weighted by atomic mass is 10.2. The Bertz CT molecular complexity index is 854. The van der Waals surface area contributed by atoms with E-state index in [9.17, 15) is 4.79 Å². The monoisotopic (exact) mass is 336 g/mol. The molecule has 0 saturated heterocycles. The van der Waals surface area contributed by atoms with Gasteiger partial charge in [-0.3, -0.25) is 9.78 Å². The fourth-order valence-corrected chi connectivity index (χ4v) is 2.15. The molecule has 0 fully saturated rings. The van der Waals surface area contributed by atoms with Crippen molar-refractivity contribution < 1.29 is 14.3 Å². The van der Waals surface area contributed by atoms with Crippen molar-refractivity contribution >= 4 is 11.6 Å². The Morgan fingerprint density at radius 1 is 1.04 bits per heavy atom. The highest BCUT2D eigenvalue weighted by Crippen LogP contribution is 2.22. The number of methoxy groups -OCH3 is 1. The Hall–Kier alpha value is -3.48. The molecular weight excluding hydrogens is 320 g/mol. The summed E-state index contributed by atoms with van der Waals surface area (Å²) in [4.78, 5) is 26.3. The molecule has 0 aliphatic rings.